The maximum Gasteiger partial charge on any atom is 0.286 e. The van der Waals surface area contributed by atoms with Gasteiger partial charge < -0.3 is 9.88 Å². The summed E-state index contributed by atoms with van der Waals surface area (Å²) in [5.74, 6) is -0.336. The van der Waals surface area contributed by atoms with Gasteiger partial charge in [-0.15, -0.1) is 10.2 Å². The Kier molecular flexibility index (Phi) is 3.44. The summed E-state index contributed by atoms with van der Waals surface area (Å²) in [5, 5.41) is 10.3. The van der Waals surface area contributed by atoms with Crippen LogP contribution in [0, 0.1) is 0 Å². The van der Waals surface area contributed by atoms with Crippen LogP contribution >= 0.6 is 22.9 Å². The SMILES string of the molecule is O=C(Nc1cccc(-n2ccnc2)c1)c1nnc(Cl)s1. The second kappa shape index (κ2) is 5.40. The van der Waals surface area contributed by atoms with Gasteiger partial charge in [0.05, 0.1) is 6.33 Å². The fourth-order valence-electron chi connectivity index (χ4n) is 1.64. The molecule has 100 valence electrons. The van der Waals surface area contributed by atoms with Gasteiger partial charge >= 0.3 is 0 Å². The van der Waals surface area contributed by atoms with Gasteiger partial charge in [0, 0.05) is 23.8 Å². The lowest BCUT2D eigenvalue weighted by atomic mass is 10.2. The Balaban J connectivity index is 1.81. The fraction of sp³-hybridized carbons (Fsp3) is 0. The number of halogens is 1. The highest BCUT2D eigenvalue weighted by atomic mass is 35.5. The molecule has 1 amide bonds. The van der Waals surface area contributed by atoms with Gasteiger partial charge in [0.25, 0.3) is 5.91 Å². The summed E-state index contributed by atoms with van der Waals surface area (Å²) in [6.07, 6.45) is 5.20. The number of hydrogen-bond acceptors (Lipinski definition) is 5. The number of imidazole rings is 1. The monoisotopic (exact) mass is 305 g/mol. The normalized spacial score (nSPS) is 10.4. The van der Waals surface area contributed by atoms with E-state index in [1.807, 2.05) is 29.0 Å². The Morgan fingerprint density at radius 2 is 2.25 bits per heavy atom. The van der Waals surface area contributed by atoms with Crippen LogP contribution in [0.4, 0.5) is 5.69 Å². The molecule has 0 atom stereocenters. The Labute approximate surface area is 123 Å². The van der Waals surface area contributed by atoms with Crippen LogP contribution in [-0.2, 0) is 0 Å². The molecule has 0 radical (unpaired) electrons. The van der Waals surface area contributed by atoms with E-state index < -0.39 is 0 Å². The van der Waals surface area contributed by atoms with Crippen LogP contribution in [0.3, 0.4) is 0 Å². The molecule has 6 nitrogen and oxygen atoms in total. The molecule has 0 spiro atoms. The number of amides is 1. The standard InChI is InChI=1S/C12H8ClN5OS/c13-12-17-16-11(20-12)10(19)15-8-2-1-3-9(6-8)18-5-4-14-7-18/h1-7H,(H,15,19). The average molecular weight is 306 g/mol. The zero-order valence-electron chi connectivity index (χ0n) is 10.0. The molecule has 1 aromatic carbocycles. The molecule has 0 saturated heterocycles. The van der Waals surface area contributed by atoms with E-state index in [0.29, 0.717) is 5.69 Å². The first-order valence-corrected chi connectivity index (χ1v) is 6.80. The maximum atomic E-state index is 11.9. The van der Waals surface area contributed by atoms with Gasteiger partial charge in [0.15, 0.2) is 0 Å². The first-order chi connectivity index (χ1) is 9.72. The molecule has 2 heterocycles. The highest BCUT2D eigenvalue weighted by Gasteiger charge is 2.12. The lowest BCUT2D eigenvalue weighted by Crippen LogP contribution is -2.11. The van der Waals surface area contributed by atoms with E-state index >= 15 is 0 Å². The van der Waals surface area contributed by atoms with Crippen molar-refractivity contribution in [3.63, 3.8) is 0 Å². The Morgan fingerprint density at radius 3 is 2.95 bits per heavy atom. The van der Waals surface area contributed by atoms with Crippen molar-refractivity contribution in [2.24, 2.45) is 0 Å². The average Bonchev–Trinajstić information content (AvgIpc) is 3.10. The molecule has 20 heavy (non-hydrogen) atoms. The third-order valence-electron chi connectivity index (χ3n) is 2.50. The number of nitrogens with zero attached hydrogens (tertiary/aromatic N) is 4. The first kappa shape index (κ1) is 12.8. The van der Waals surface area contributed by atoms with Crippen LogP contribution in [0.15, 0.2) is 43.0 Å². The van der Waals surface area contributed by atoms with Gasteiger partial charge in [-0.05, 0) is 29.8 Å². The Bertz CT molecular complexity index is 740. The van der Waals surface area contributed by atoms with E-state index in [-0.39, 0.29) is 15.4 Å². The number of carbonyl (C=O) groups is 1. The maximum absolute atomic E-state index is 11.9. The molecule has 1 N–H and O–H groups in total. The van der Waals surface area contributed by atoms with Crippen molar-refractivity contribution in [3.05, 3.63) is 52.5 Å². The molecule has 0 aliphatic heterocycles. The van der Waals surface area contributed by atoms with Crippen molar-refractivity contribution in [2.75, 3.05) is 5.32 Å². The van der Waals surface area contributed by atoms with Crippen molar-refractivity contribution in [1.29, 1.82) is 0 Å². The van der Waals surface area contributed by atoms with Crippen LogP contribution < -0.4 is 5.32 Å². The van der Waals surface area contributed by atoms with E-state index in [2.05, 4.69) is 20.5 Å². The summed E-state index contributed by atoms with van der Waals surface area (Å²) in [4.78, 5) is 15.9. The van der Waals surface area contributed by atoms with Gasteiger partial charge in [-0.2, -0.15) is 0 Å². The third-order valence-corrected chi connectivity index (χ3v) is 3.52. The predicted octanol–water partition coefficient (Wildman–Crippen LogP) is 2.63. The molecular formula is C12H8ClN5OS. The van der Waals surface area contributed by atoms with Crippen LogP contribution in [0.25, 0.3) is 5.69 Å². The summed E-state index contributed by atoms with van der Waals surface area (Å²) in [6, 6.07) is 7.39. The number of hydrogen-bond donors (Lipinski definition) is 1. The Morgan fingerprint density at radius 1 is 1.35 bits per heavy atom. The number of nitrogens with one attached hydrogen (secondary N) is 1. The number of rotatable bonds is 3. The molecule has 0 aliphatic rings. The largest absolute Gasteiger partial charge is 0.320 e. The van der Waals surface area contributed by atoms with Crippen molar-refractivity contribution >= 4 is 34.5 Å². The van der Waals surface area contributed by atoms with Crippen LogP contribution in [0.2, 0.25) is 4.47 Å². The predicted molar refractivity (Wildman–Crippen MR) is 76.4 cm³/mol. The third kappa shape index (κ3) is 2.68. The van der Waals surface area contributed by atoms with Crippen LogP contribution in [0.5, 0.6) is 0 Å². The van der Waals surface area contributed by atoms with Crippen molar-refractivity contribution in [2.45, 2.75) is 0 Å². The van der Waals surface area contributed by atoms with Gasteiger partial charge in [-0.3, -0.25) is 4.79 Å². The van der Waals surface area contributed by atoms with Crippen LogP contribution in [0.1, 0.15) is 9.80 Å². The van der Waals surface area contributed by atoms with E-state index in [4.69, 9.17) is 11.6 Å². The Hall–Kier alpha value is -2.25. The number of benzene rings is 1. The second-order valence-electron chi connectivity index (χ2n) is 3.83. The van der Waals surface area contributed by atoms with Gasteiger partial charge in [-0.25, -0.2) is 4.98 Å². The number of aromatic nitrogens is 4. The molecule has 0 fully saturated rings. The molecule has 3 aromatic rings. The van der Waals surface area contributed by atoms with E-state index in [0.717, 1.165) is 17.0 Å². The summed E-state index contributed by atoms with van der Waals surface area (Å²) in [5.41, 5.74) is 1.56. The first-order valence-electron chi connectivity index (χ1n) is 5.61. The minimum absolute atomic E-state index is 0.225. The molecule has 0 unspecified atom stereocenters. The summed E-state index contributed by atoms with van der Waals surface area (Å²) in [6.45, 7) is 0. The number of anilines is 1. The molecule has 3 rings (SSSR count). The lowest BCUT2D eigenvalue weighted by molar-refractivity contribution is 0.102. The number of carbonyl (C=O) groups excluding carboxylic acids is 1. The smallest absolute Gasteiger partial charge is 0.286 e. The van der Waals surface area contributed by atoms with E-state index in [9.17, 15) is 4.79 Å². The molecule has 0 saturated carbocycles. The quantitative estimate of drug-likeness (QED) is 0.807. The highest BCUT2D eigenvalue weighted by molar-refractivity contribution is 7.17. The second-order valence-corrected chi connectivity index (χ2v) is 5.39. The lowest BCUT2D eigenvalue weighted by Gasteiger charge is -2.06. The molecule has 8 heteroatoms. The van der Waals surface area contributed by atoms with E-state index in [1.165, 1.54) is 0 Å². The molecule has 0 aliphatic carbocycles. The van der Waals surface area contributed by atoms with Gasteiger partial charge in [0.2, 0.25) is 9.47 Å². The summed E-state index contributed by atoms with van der Waals surface area (Å²) < 4.78 is 2.08. The topological polar surface area (TPSA) is 72.7 Å². The van der Waals surface area contributed by atoms with E-state index in [1.54, 1.807) is 18.6 Å². The van der Waals surface area contributed by atoms with Gasteiger partial charge in [-0.1, -0.05) is 17.4 Å². The van der Waals surface area contributed by atoms with Crippen molar-refractivity contribution in [1.82, 2.24) is 19.7 Å². The minimum atomic E-state index is -0.336. The summed E-state index contributed by atoms with van der Waals surface area (Å²) >= 11 is 6.69. The summed E-state index contributed by atoms with van der Waals surface area (Å²) in [7, 11) is 0. The molecule has 0 bridgehead atoms. The minimum Gasteiger partial charge on any atom is -0.320 e. The van der Waals surface area contributed by atoms with Crippen LogP contribution in [-0.4, -0.2) is 25.7 Å². The zero-order chi connectivity index (χ0) is 13.9. The van der Waals surface area contributed by atoms with Gasteiger partial charge in [0.1, 0.15) is 0 Å². The highest BCUT2D eigenvalue weighted by Crippen LogP contribution is 2.18. The molecular weight excluding hydrogens is 298 g/mol. The molecule has 2 aromatic heterocycles. The zero-order valence-corrected chi connectivity index (χ0v) is 11.6. The van der Waals surface area contributed by atoms with Crippen molar-refractivity contribution < 1.29 is 4.79 Å². The van der Waals surface area contributed by atoms with Crippen molar-refractivity contribution in [3.8, 4) is 5.69 Å². The fourth-order valence-corrected chi connectivity index (χ4v) is 2.36.